The van der Waals surface area contributed by atoms with Gasteiger partial charge in [0.15, 0.2) is 5.82 Å². The first kappa shape index (κ1) is 26.0. The molecule has 1 amide bonds. The van der Waals surface area contributed by atoms with Crippen molar-refractivity contribution in [3.8, 4) is 11.1 Å². The maximum atomic E-state index is 13.4. The predicted octanol–water partition coefficient (Wildman–Crippen LogP) is 6.47. The summed E-state index contributed by atoms with van der Waals surface area (Å²) in [7, 11) is 1.36. The van der Waals surface area contributed by atoms with E-state index in [4.69, 9.17) is 4.74 Å². The first-order valence-corrected chi connectivity index (χ1v) is 12.4. The predicted molar refractivity (Wildman–Crippen MR) is 144 cm³/mol. The number of nitrogens with one attached hydrogen (secondary N) is 2. The molecule has 0 bridgehead atoms. The molecule has 1 aliphatic rings. The average molecular weight is 605 g/mol. The summed E-state index contributed by atoms with van der Waals surface area (Å²) in [6, 6.07) is 15.0. The smallest absolute Gasteiger partial charge is 0.338 e. The van der Waals surface area contributed by atoms with Gasteiger partial charge in [-0.25, -0.2) is 18.6 Å². The molecule has 0 spiro atoms. The van der Waals surface area contributed by atoms with Gasteiger partial charge < -0.3 is 15.4 Å². The summed E-state index contributed by atoms with van der Waals surface area (Å²) in [4.78, 5) is 29.0. The topological polar surface area (TPSA) is 80.3 Å². The summed E-state index contributed by atoms with van der Waals surface area (Å²) in [6.45, 7) is 5.69. The van der Waals surface area contributed by atoms with E-state index in [0.717, 1.165) is 22.3 Å². The van der Waals surface area contributed by atoms with Crippen LogP contribution in [-0.4, -0.2) is 29.9 Å². The number of amides is 1. The number of benzene rings is 2. The molecule has 9 heteroatoms. The number of ether oxygens (including phenoxy) is 1. The van der Waals surface area contributed by atoms with Gasteiger partial charge in [-0.3, -0.25) is 4.79 Å². The highest BCUT2D eigenvalue weighted by molar-refractivity contribution is 14.1. The highest BCUT2D eigenvalue weighted by atomic mass is 127. The fraction of sp³-hybridized carbons (Fsp3) is 0.296. The Morgan fingerprint density at radius 2 is 1.81 bits per heavy atom. The van der Waals surface area contributed by atoms with Crippen molar-refractivity contribution in [2.24, 2.45) is 5.92 Å². The van der Waals surface area contributed by atoms with Crippen molar-refractivity contribution in [1.82, 2.24) is 4.98 Å². The minimum absolute atomic E-state index is 0.382. The van der Waals surface area contributed by atoms with Crippen LogP contribution >= 0.6 is 22.6 Å². The molecule has 0 radical (unpaired) electrons. The Morgan fingerprint density at radius 1 is 1.14 bits per heavy atom. The number of methoxy groups -OCH3 is 1. The third-order valence-corrected chi connectivity index (χ3v) is 7.11. The second kappa shape index (κ2) is 9.76. The Morgan fingerprint density at radius 3 is 2.42 bits per heavy atom. The summed E-state index contributed by atoms with van der Waals surface area (Å²) < 4.78 is 31.1. The Hall–Kier alpha value is -3.08. The lowest BCUT2D eigenvalue weighted by Crippen LogP contribution is -2.27. The molecule has 4 rings (SSSR count). The number of rotatable bonds is 7. The number of esters is 1. The lowest BCUT2D eigenvalue weighted by Gasteiger charge is -2.27. The summed E-state index contributed by atoms with van der Waals surface area (Å²) in [5.74, 6) is -4.98. The van der Waals surface area contributed by atoms with Gasteiger partial charge in [-0.05, 0) is 77.7 Å². The van der Waals surface area contributed by atoms with E-state index in [1.165, 1.54) is 7.11 Å². The van der Waals surface area contributed by atoms with Gasteiger partial charge in [0.2, 0.25) is 5.91 Å². The van der Waals surface area contributed by atoms with Gasteiger partial charge in [-0.2, -0.15) is 0 Å². The Bertz CT molecular complexity index is 1330. The van der Waals surface area contributed by atoms with Crippen molar-refractivity contribution >= 4 is 46.0 Å². The largest absolute Gasteiger partial charge is 0.465 e. The fourth-order valence-corrected chi connectivity index (χ4v) is 4.58. The Kier molecular flexibility index (Phi) is 7.05. The van der Waals surface area contributed by atoms with Crippen molar-refractivity contribution in [1.29, 1.82) is 0 Å². The molecule has 2 aromatic carbocycles. The van der Waals surface area contributed by atoms with E-state index in [0.29, 0.717) is 22.6 Å². The molecule has 1 saturated carbocycles. The molecule has 36 heavy (non-hydrogen) atoms. The number of anilines is 2. The van der Waals surface area contributed by atoms with Crippen molar-refractivity contribution in [3.63, 3.8) is 0 Å². The quantitative estimate of drug-likeness (QED) is 0.140. The van der Waals surface area contributed by atoms with Gasteiger partial charge in [0.1, 0.15) is 9.46 Å². The molecule has 2 N–H and O–H groups in total. The second-order valence-electron chi connectivity index (χ2n) is 9.10. The molecule has 1 fully saturated rings. The molecular weight excluding hydrogens is 579 g/mol. The number of pyridine rings is 1. The van der Waals surface area contributed by atoms with Gasteiger partial charge in [0.25, 0.3) is 5.92 Å². The molecule has 1 aliphatic carbocycles. The van der Waals surface area contributed by atoms with Crippen molar-refractivity contribution in [2.75, 3.05) is 17.7 Å². The Balaban J connectivity index is 1.59. The summed E-state index contributed by atoms with van der Waals surface area (Å²) in [6.07, 6.45) is 1.16. The van der Waals surface area contributed by atoms with E-state index >= 15 is 0 Å². The highest BCUT2D eigenvalue weighted by Gasteiger charge is 2.61. The van der Waals surface area contributed by atoms with Crippen LogP contribution in [0.3, 0.4) is 0 Å². The van der Waals surface area contributed by atoms with E-state index in [-0.39, 0.29) is 0 Å². The third-order valence-electron chi connectivity index (χ3n) is 6.22. The molecule has 188 valence electrons. The first-order chi connectivity index (χ1) is 16.9. The molecule has 1 heterocycles. The standard InChI is InChI=1S/C27H26F2IN3O3/c1-15-5-10-19(25(35)36-4)20(13-15)17-6-8-18(9-7-17)26(3,30)33-23-22(16(2)11-12-31-23)32-24(34)21-14-27(21,28)29/h5-13,21H,14H2,1-4H3,(H,31,33)(H,32,34). The number of carbonyl (C=O) groups excluding carboxylic acids is 2. The highest BCUT2D eigenvalue weighted by Crippen LogP contribution is 2.49. The Labute approximate surface area is 222 Å². The SMILES string of the molecule is COC(=O)c1ccc(C)cc1-c1ccc(C(C)(I)Nc2nccc(C)c2NC(=O)C2CC2(F)F)cc1. The molecule has 2 atom stereocenters. The first-order valence-electron chi connectivity index (χ1n) is 11.3. The zero-order valence-electron chi connectivity index (χ0n) is 20.3. The summed E-state index contributed by atoms with van der Waals surface area (Å²) in [5.41, 5.74) is 5.14. The van der Waals surface area contributed by atoms with Gasteiger partial charge >= 0.3 is 5.97 Å². The van der Waals surface area contributed by atoms with Crippen LogP contribution in [0.25, 0.3) is 11.1 Å². The lowest BCUT2D eigenvalue weighted by atomic mass is 9.96. The number of alkyl halides is 3. The van der Waals surface area contributed by atoms with Crippen molar-refractivity contribution in [3.05, 3.63) is 77.0 Å². The maximum Gasteiger partial charge on any atom is 0.338 e. The van der Waals surface area contributed by atoms with E-state index in [1.807, 2.05) is 50.2 Å². The molecule has 6 nitrogen and oxygen atoms in total. The van der Waals surface area contributed by atoms with Crippen molar-refractivity contribution < 1.29 is 23.1 Å². The van der Waals surface area contributed by atoms with Crippen LogP contribution in [0.15, 0.2) is 54.7 Å². The van der Waals surface area contributed by atoms with Crippen LogP contribution in [0.4, 0.5) is 20.3 Å². The molecule has 2 unspecified atom stereocenters. The summed E-state index contributed by atoms with van der Waals surface area (Å²) >= 11 is 2.24. The van der Waals surface area contributed by atoms with Crippen LogP contribution < -0.4 is 10.6 Å². The van der Waals surface area contributed by atoms with Crippen LogP contribution in [0.5, 0.6) is 0 Å². The fourth-order valence-electron chi connectivity index (χ4n) is 3.96. The number of nitrogens with zero attached hydrogens (tertiary/aromatic N) is 1. The molecular formula is C27H26F2IN3O3. The minimum Gasteiger partial charge on any atom is -0.465 e. The van der Waals surface area contributed by atoms with E-state index in [2.05, 4.69) is 38.2 Å². The van der Waals surface area contributed by atoms with Crippen LogP contribution in [0.1, 0.15) is 40.4 Å². The molecule has 0 aliphatic heterocycles. The van der Waals surface area contributed by atoms with E-state index < -0.39 is 33.7 Å². The zero-order valence-corrected chi connectivity index (χ0v) is 22.4. The molecule has 1 aromatic heterocycles. The normalized spacial score (nSPS) is 17.6. The van der Waals surface area contributed by atoms with Crippen LogP contribution in [0.2, 0.25) is 0 Å². The third kappa shape index (κ3) is 5.35. The number of hydrogen-bond donors (Lipinski definition) is 2. The zero-order chi connectivity index (χ0) is 26.3. The number of aromatic nitrogens is 1. The summed E-state index contributed by atoms with van der Waals surface area (Å²) in [5, 5.41) is 5.97. The van der Waals surface area contributed by atoms with Crippen LogP contribution in [0, 0.1) is 19.8 Å². The number of carbonyl (C=O) groups is 2. The number of aryl methyl sites for hydroxylation is 2. The van der Waals surface area contributed by atoms with Gasteiger partial charge in [-0.15, -0.1) is 0 Å². The lowest BCUT2D eigenvalue weighted by molar-refractivity contribution is -0.119. The van der Waals surface area contributed by atoms with Gasteiger partial charge in [0.05, 0.1) is 18.4 Å². The molecule has 3 aromatic rings. The minimum atomic E-state index is -2.95. The van der Waals surface area contributed by atoms with Crippen LogP contribution in [-0.2, 0) is 13.1 Å². The molecule has 0 saturated heterocycles. The second-order valence-corrected chi connectivity index (χ2v) is 11.3. The monoisotopic (exact) mass is 605 g/mol. The number of halogens is 3. The number of hydrogen-bond acceptors (Lipinski definition) is 5. The van der Waals surface area contributed by atoms with Crippen molar-refractivity contribution in [2.45, 2.75) is 36.7 Å². The van der Waals surface area contributed by atoms with Gasteiger partial charge in [0, 0.05) is 12.6 Å². The van der Waals surface area contributed by atoms with E-state index in [1.54, 1.807) is 25.3 Å². The van der Waals surface area contributed by atoms with Gasteiger partial charge in [-0.1, -0.05) is 42.0 Å². The van der Waals surface area contributed by atoms with E-state index in [9.17, 15) is 18.4 Å². The average Bonchev–Trinajstić information content (AvgIpc) is 3.48. The maximum absolute atomic E-state index is 13.4.